The van der Waals surface area contributed by atoms with Crippen LogP contribution in [0, 0.1) is 0 Å². The minimum atomic E-state index is -3.02. The summed E-state index contributed by atoms with van der Waals surface area (Å²) < 4.78 is 34.8. The topological polar surface area (TPSA) is 86.2 Å². The number of hydrogen-bond acceptors (Lipinski definition) is 6. The summed E-state index contributed by atoms with van der Waals surface area (Å²) in [5.74, 6) is -3.27. The molecule has 0 spiro atoms. The Morgan fingerprint density at radius 2 is 1.92 bits per heavy atom. The maximum absolute atomic E-state index is 14.6. The van der Waals surface area contributed by atoms with Gasteiger partial charge in [0.1, 0.15) is 5.60 Å². The predicted molar refractivity (Wildman–Crippen MR) is 133 cm³/mol. The van der Waals surface area contributed by atoms with E-state index in [4.69, 9.17) is 4.74 Å². The van der Waals surface area contributed by atoms with Crippen LogP contribution in [0.1, 0.15) is 72.6 Å². The molecular formula is C26H40F2N4O4. The van der Waals surface area contributed by atoms with Gasteiger partial charge in [-0.05, 0) is 33.8 Å². The number of aliphatic hydroxyl groups excluding tert-OH is 1. The van der Waals surface area contributed by atoms with Crippen molar-refractivity contribution in [2.24, 2.45) is 0 Å². The first-order valence-corrected chi connectivity index (χ1v) is 12.6. The minimum absolute atomic E-state index is 0.0111. The zero-order chi connectivity index (χ0) is 27.1. The van der Waals surface area contributed by atoms with Gasteiger partial charge in [-0.3, -0.25) is 14.7 Å². The van der Waals surface area contributed by atoms with Gasteiger partial charge in [-0.15, -0.1) is 0 Å². The number of nitrogens with zero attached hydrogens (tertiary/aromatic N) is 4. The molecule has 1 saturated heterocycles. The lowest BCUT2D eigenvalue weighted by atomic mass is 9.91. The molecule has 1 aromatic rings. The second kappa shape index (κ2) is 10.2. The van der Waals surface area contributed by atoms with Gasteiger partial charge in [0, 0.05) is 49.3 Å². The zero-order valence-electron chi connectivity index (χ0n) is 22.5. The number of carbonyl (C=O) groups excluding carboxylic acids is 2. The van der Waals surface area contributed by atoms with Gasteiger partial charge in [-0.25, -0.2) is 13.6 Å². The summed E-state index contributed by atoms with van der Waals surface area (Å²) >= 11 is 0. The van der Waals surface area contributed by atoms with E-state index in [0.717, 1.165) is 0 Å². The number of piperazine rings is 1. The maximum atomic E-state index is 14.6. The summed E-state index contributed by atoms with van der Waals surface area (Å²) in [5, 5.41) is 10.0. The summed E-state index contributed by atoms with van der Waals surface area (Å²) in [4.78, 5) is 35.5. The number of hydrogen-bond donors (Lipinski definition) is 1. The Bertz CT molecular complexity index is 979. The van der Waals surface area contributed by atoms with Crippen LogP contribution in [0.25, 0.3) is 0 Å². The Hall–Kier alpha value is -2.33. The molecule has 0 radical (unpaired) electrons. The number of halogens is 2. The number of ether oxygens (including phenoxy) is 1. The molecule has 0 saturated carbocycles. The summed E-state index contributed by atoms with van der Waals surface area (Å²) in [6.07, 6.45) is 0.807. The fraction of sp³-hybridized carbons (Fsp3) is 0.731. The van der Waals surface area contributed by atoms with E-state index in [9.17, 15) is 23.5 Å². The Morgan fingerprint density at radius 3 is 2.50 bits per heavy atom. The van der Waals surface area contributed by atoms with Crippen molar-refractivity contribution in [2.45, 2.75) is 90.3 Å². The quantitative estimate of drug-likeness (QED) is 0.625. The van der Waals surface area contributed by atoms with Crippen molar-refractivity contribution in [1.29, 1.82) is 0 Å². The van der Waals surface area contributed by atoms with Gasteiger partial charge in [0.2, 0.25) is 5.91 Å². The third kappa shape index (κ3) is 5.96. The Balaban J connectivity index is 1.79. The number of aliphatic hydroxyl groups is 1. The molecule has 2 amide bonds. The number of anilines is 1. The van der Waals surface area contributed by atoms with Crippen molar-refractivity contribution in [1.82, 2.24) is 14.8 Å². The van der Waals surface area contributed by atoms with Crippen molar-refractivity contribution in [3.05, 3.63) is 23.5 Å². The van der Waals surface area contributed by atoms with E-state index in [2.05, 4.69) is 4.98 Å². The number of alkyl halides is 2. The van der Waals surface area contributed by atoms with E-state index in [1.807, 2.05) is 25.7 Å². The Morgan fingerprint density at radius 1 is 1.25 bits per heavy atom. The Labute approximate surface area is 212 Å². The van der Waals surface area contributed by atoms with E-state index in [-0.39, 0.29) is 43.6 Å². The standard InChI is InChI=1S/C26H40F2N4O4/c1-8-9-26(27,28)18-10-20-22(29-11-18)25(6,7)16-32(20)21(34)14-30-12-17(2)31(13-19(30)15-33)23(35)36-24(3,4)5/h10-11,17,19,33H,8-9,12-16H2,1-7H3/t17-,19-/m1/s1. The molecule has 0 aromatic carbocycles. The van der Waals surface area contributed by atoms with Crippen molar-refractivity contribution >= 4 is 17.7 Å². The molecular weight excluding hydrogens is 470 g/mol. The van der Waals surface area contributed by atoms with Crippen LogP contribution in [0.4, 0.5) is 19.3 Å². The molecule has 3 rings (SSSR count). The highest BCUT2D eigenvalue weighted by Gasteiger charge is 2.43. The van der Waals surface area contributed by atoms with Crippen LogP contribution in [-0.4, -0.2) is 82.4 Å². The molecule has 2 aliphatic heterocycles. The lowest BCUT2D eigenvalue weighted by Gasteiger charge is -2.44. The van der Waals surface area contributed by atoms with Gasteiger partial charge >= 0.3 is 6.09 Å². The fourth-order valence-electron chi connectivity index (χ4n) is 4.93. The molecule has 1 aromatic heterocycles. The largest absolute Gasteiger partial charge is 0.444 e. The van der Waals surface area contributed by atoms with E-state index in [1.165, 1.54) is 17.2 Å². The van der Waals surface area contributed by atoms with E-state index in [1.54, 1.807) is 32.6 Å². The van der Waals surface area contributed by atoms with Gasteiger partial charge < -0.3 is 19.6 Å². The van der Waals surface area contributed by atoms with Crippen LogP contribution in [0.5, 0.6) is 0 Å². The number of fused-ring (bicyclic) bond motifs is 1. The summed E-state index contributed by atoms with van der Waals surface area (Å²) in [6, 6.07) is 0.710. The lowest BCUT2D eigenvalue weighted by Crippen LogP contribution is -2.62. The predicted octanol–water partition coefficient (Wildman–Crippen LogP) is 3.90. The van der Waals surface area contributed by atoms with E-state index in [0.29, 0.717) is 30.9 Å². The molecule has 8 nitrogen and oxygen atoms in total. The van der Waals surface area contributed by atoms with Gasteiger partial charge in [-0.1, -0.05) is 27.2 Å². The smallest absolute Gasteiger partial charge is 0.410 e. The van der Waals surface area contributed by atoms with E-state index >= 15 is 0 Å². The van der Waals surface area contributed by atoms with Crippen LogP contribution >= 0.6 is 0 Å². The summed E-state index contributed by atoms with van der Waals surface area (Å²) in [7, 11) is 0. The zero-order valence-corrected chi connectivity index (χ0v) is 22.5. The first kappa shape index (κ1) is 28.2. The van der Waals surface area contributed by atoms with Gasteiger partial charge in [0.05, 0.1) is 30.6 Å². The average molecular weight is 511 g/mol. The highest BCUT2D eigenvalue weighted by Crippen LogP contribution is 2.42. The normalized spacial score (nSPS) is 22.5. The van der Waals surface area contributed by atoms with Crippen molar-refractivity contribution < 1.29 is 28.2 Å². The molecule has 3 heterocycles. The van der Waals surface area contributed by atoms with Crippen LogP contribution < -0.4 is 4.90 Å². The van der Waals surface area contributed by atoms with Crippen molar-refractivity contribution in [3.8, 4) is 0 Å². The third-order valence-corrected chi connectivity index (χ3v) is 6.77. The maximum Gasteiger partial charge on any atom is 0.410 e. The number of pyridine rings is 1. The van der Waals surface area contributed by atoms with Gasteiger partial charge in [0.15, 0.2) is 0 Å². The fourth-order valence-corrected chi connectivity index (χ4v) is 4.93. The van der Waals surface area contributed by atoms with Crippen LogP contribution in [0.3, 0.4) is 0 Å². The monoisotopic (exact) mass is 510 g/mol. The molecule has 202 valence electrons. The van der Waals surface area contributed by atoms with Gasteiger partial charge in [0.25, 0.3) is 5.92 Å². The summed E-state index contributed by atoms with van der Waals surface area (Å²) in [5.41, 5.74) is -0.280. The number of aromatic nitrogens is 1. The average Bonchev–Trinajstić information content (AvgIpc) is 3.03. The molecule has 0 unspecified atom stereocenters. The molecule has 1 fully saturated rings. The highest BCUT2D eigenvalue weighted by atomic mass is 19.3. The molecule has 36 heavy (non-hydrogen) atoms. The lowest BCUT2D eigenvalue weighted by molar-refractivity contribution is -0.121. The number of amides is 2. The first-order valence-electron chi connectivity index (χ1n) is 12.6. The SMILES string of the molecule is CCCC(F)(F)c1cnc2c(c1)N(C(=O)CN1C[C@@H](C)N(C(=O)OC(C)(C)C)C[C@@H]1CO)CC2(C)C. The van der Waals surface area contributed by atoms with Crippen LogP contribution in [0.2, 0.25) is 0 Å². The molecule has 2 aliphatic rings. The number of rotatable bonds is 6. The van der Waals surface area contributed by atoms with Crippen LogP contribution in [0.15, 0.2) is 12.3 Å². The van der Waals surface area contributed by atoms with Gasteiger partial charge in [-0.2, -0.15) is 0 Å². The second-order valence-corrected chi connectivity index (χ2v) is 11.7. The van der Waals surface area contributed by atoms with E-state index < -0.39 is 29.1 Å². The minimum Gasteiger partial charge on any atom is -0.444 e. The third-order valence-electron chi connectivity index (χ3n) is 6.77. The molecule has 1 N–H and O–H groups in total. The molecule has 10 heteroatoms. The molecule has 0 bridgehead atoms. The highest BCUT2D eigenvalue weighted by molar-refractivity contribution is 5.97. The first-order chi connectivity index (χ1) is 16.6. The number of carbonyl (C=O) groups is 2. The summed E-state index contributed by atoms with van der Waals surface area (Å²) in [6.45, 7) is 13.5. The second-order valence-electron chi connectivity index (χ2n) is 11.7. The van der Waals surface area contributed by atoms with Crippen LogP contribution in [-0.2, 0) is 20.9 Å². The molecule has 2 atom stereocenters. The molecule has 0 aliphatic carbocycles. The van der Waals surface area contributed by atoms with Crippen molar-refractivity contribution in [2.75, 3.05) is 37.7 Å². The Kier molecular flexibility index (Phi) is 8.01. The van der Waals surface area contributed by atoms with Crippen molar-refractivity contribution in [3.63, 3.8) is 0 Å².